The van der Waals surface area contributed by atoms with Gasteiger partial charge in [-0.2, -0.15) is 0 Å². The molecule has 0 bridgehead atoms. The highest BCUT2D eigenvalue weighted by atomic mass is 16.4. The smallest absolute Gasteiger partial charge is 0.326 e. The van der Waals surface area contributed by atoms with Crippen LogP contribution in [0.4, 0.5) is 0 Å². The minimum absolute atomic E-state index is 0.154. The SMILES string of the molecule is O=C(NCCCC(=O)N1CCC[C@H]1C(=O)O)c1ccccc1. The van der Waals surface area contributed by atoms with Crippen molar-refractivity contribution in [3.63, 3.8) is 0 Å². The van der Waals surface area contributed by atoms with Gasteiger partial charge in [0.05, 0.1) is 0 Å². The maximum atomic E-state index is 12.0. The molecule has 0 radical (unpaired) electrons. The number of nitrogens with zero attached hydrogens (tertiary/aromatic N) is 1. The number of likely N-dealkylation sites (tertiary alicyclic amines) is 1. The lowest BCUT2D eigenvalue weighted by atomic mass is 10.2. The van der Waals surface area contributed by atoms with E-state index in [9.17, 15) is 14.4 Å². The van der Waals surface area contributed by atoms with Crippen molar-refractivity contribution in [2.45, 2.75) is 31.7 Å². The van der Waals surface area contributed by atoms with Gasteiger partial charge in [-0.05, 0) is 31.4 Å². The fourth-order valence-corrected chi connectivity index (χ4v) is 2.60. The Morgan fingerprint density at radius 1 is 1.23 bits per heavy atom. The Kier molecular flexibility index (Phi) is 5.52. The molecule has 1 aromatic carbocycles. The van der Waals surface area contributed by atoms with Crippen LogP contribution in [0.15, 0.2) is 30.3 Å². The first-order valence-electron chi connectivity index (χ1n) is 7.45. The topological polar surface area (TPSA) is 86.7 Å². The Bertz CT molecular complexity index is 544. The quantitative estimate of drug-likeness (QED) is 0.775. The number of carboxylic acid groups (broad SMARTS) is 1. The van der Waals surface area contributed by atoms with Gasteiger partial charge in [0, 0.05) is 25.1 Å². The van der Waals surface area contributed by atoms with Gasteiger partial charge in [0.15, 0.2) is 0 Å². The molecular weight excluding hydrogens is 284 g/mol. The fourth-order valence-electron chi connectivity index (χ4n) is 2.60. The van der Waals surface area contributed by atoms with E-state index in [2.05, 4.69) is 5.32 Å². The molecule has 1 saturated heterocycles. The number of hydrogen-bond acceptors (Lipinski definition) is 3. The standard InChI is InChI=1S/C16H20N2O4/c19-14(18-11-5-8-13(18)16(21)22)9-4-10-17-15(20)12-6-2-1-3-7-12/h1-3,6-7,13H,4-5,8-11H2,(H,17,20)(H,21,22)/t13-/m0/s1. The minimum atomic E-state index is -0.941. The molecule has 6 nitrogen and oxygen atoms in total. The highest BCUT2D eigenvalue weighted by molar-refractivity contribution is 5.94. The van der Waals surface area contributed by atoms with Gasteiger partial charge in [0.1, 0.15) is 6.04 Å². The summed E-state index contributed by atoms with van der Waals surface area (Å²) in [6.45, 7) is 0.900. The third-order valence-corrected chi connectivity index (χ3v) is 3.75. The zero-order chi connectivity index (χ0) is 15.9. The molecule has 0 aliphatic carbocycles. The summed E-state index contributed by atoms with van der Waals surface area (Å²) in [6.07, 6.45) is 2.00. The van der Waals surface area contributed by atoms with E-state index < -0.39 is 12.0 Å². The molecule has 2 N–H and O–H groups in total. The molecule has 1 atom stereocenters. The molecule has 0 aromatic heterocycles. The van der Waals surface area contributed by atoms with E-state index >= 15 is 0 Å². The molecule has 1 aliphatic heterocycles. The predicted octanol–water partition coefficient (Wildman–Crippen LogP) is 1.27. The van der Waals surface area contributed by atoms with E-state index in [0.29, 0.717) is 31.5 Å². The van der Waals surface area contributed by atoms with Crippen molar-refractivity contribution in [3.05, 3.63) is 35.9 Å². The van der Waals surface area contributed by atoms with Crippen LogP contribution in [-0.2, 0) is 9.59 Å². The second-order valence-electron chi connectivity index (χ2n) is 5.31. The largest absolute Gasteiger partial charge is 0.480 e. The monoisotopic (exact) mass is 304 g/mol. The zero-order valence-electron chi connectivity index (χ0n) is 12.3. The van der Waals surface area contributed by atoms with Crippen molar-refractivity contribution in [3.8, 4) is 0 Å². The number of rotatable bonds is 6. The third kappa shape index (κ3) is 4.07. The van der Waals surface area contributed by atoms with Crippen molar-refractivity contribution in [2.75, 3.05) is 13.1 Å². The maximum absolute atomic E-state index is 12.0. The average Bonchev–Trinajstić information content (AvgIpc) is 3.02. The average molecular weight is 304 g/mol. The highest BCUT2D eigenvalue weighted by Gasteiger charge is 2.33. The van der Waals surface area contributed by atoms with E-state index in [0.717, 1.165) is 6.42 Å². The highest BCUT2D eigenvalue weighted by Crippen LogP contribution is 2.18. The molecule has 0 unspecified atom stereocenters. The predicted molar refractivity (Wildman–Crippen MR) is 80.4 cm³/mol. The molecule has 2 rings (SSSR count). The van der Waals surface area contributed by atoms with Crippen molar-refractivity contribution in [1.82, 2.24) is 10.2 Å². The van der Waals surface area contributed by atoms with E-state index in [4.69, 9.17) is 5.11 Å². The van der Waals surface area contributed by atoms with Crippen LogP contribution in [0.3, 0.4) is 0 Å². The van der Waals surface area contributed by atoms with Crippen LogP contribution in [0.2, 0.25) is 0 Å². The van der Waals surface area contributed by atoms with Gasteiger partial charge in [-0.25, -0.2) is 4.79 Å². The van der Waals surface area contributed by atoms with Crippen LogP contribution in [0.25, 0.3) is 0 Å². The lowest BCUT2D eigenvalue weighted by molar-refractivity contribution is -0.148. The molecule has 1 heterocycles. The summed E-state index contributed by atoms with van der Waals surface area (Å²) in [5.41, 5.74) is 0.583. The molecule has 118 valence electrons. The maximum Gasteiger partial charge on any atom is 0.326 e. The first-order chi connectivity index (χ1) is 10.6. The van der Waals surface area contributed by atoms with Gasteiger partial charge in [-0.1, -0.05) is 18.2 Å². The normalized spacial score (nSPS) is 17.3. The molecule has 22 heavy (non-hydrogen) atoms. The summed E-state index contributed by atoms with van der Waals surface area (Å²) in [5, 5.41) is 11.8. The second kappa shape index (κ2) is 7.59. The summed E-state index contributed by atoms with van der Waals surface area (Å²) in [7, 11) is 0. The number of carbonyl (C=O) groups is 3. The van der Waals surface area contributed by atoms with Crippen molar-refractivity contribution in [2.24, 2.45) is 0 Å². The molecule has 1 aromatic rings. The van der Waals surface area contributed by atoms with Gasteiger partial charge >= 0.3 is 5.97 Å². The number of hydrogen-bond donors (Lipinski definition) is 2. The van der Waals surface area contributed by atoms with Crippen molar-refractivity contribution in [1.29, 1.82) is 0 Å². The second-order valence-corrected chi connectivity index (χ2v) is 5.31. The number of amides is 2. The van der Waals surface area contributed by atoms with Crippen LogP contribution in [-0.4, -0.2) is 46.9 Å². The van der Waals surface area contributed by atoms with Gasteiger partial charge in [0.25, 0.3) is 5.91 Å². The number of carboxylic acids is 1. The Balaban J connectivity index is 1.71. The molecule has 6 heteroatoms. The molecule has 1 aliphatic rings. The molecule has 1 fully saturated rings. The van der Waals surface area contributed by atoms with Crippen LogP contribution in [0.5, 0.6) is 0 Å². The number of aliphatic carboxylic acids is 1. The first-order valence-corrected chi connectivity index (χ1v) is 7.45. The van der Waals surface area contributed by atoms with Gasteiger partial charge in [-0.15, -0.1) is 0 Å². The lowest BCUT2D eigenvalue weighted by Gasteiger charge is -2.21. The number of nitrogens with one attached hydrogen (secondary N) is 1. The summed E-state index contributed by atoms with van der Waals surface area (Å²) in [6, 6.07) is 8.18. The molecular formula is C16H20N2O4. The summed E-state index contributed by atoms with van der Waals surface area (Å²) in [4.78, 5) is 36.3. The summed E-state index contributed by atoms with van der Waals surface area (Å²) in [5.74, 6) is -1.26. The Hall–Kier alpha value is -2.37. The van der Waals surface area contributed by atoms with Crippen LogP contribution in [0.1, 0.15) is 36.0 Å². The molecule has 0 spiro atoms. The summed E-state index contributed by atoms with van der Waals surface area (Å²) < 4.78 is 0. The molecule has 0 saturated carbocycles. The van der Waals surface area contributed by atoms with Crippen molar-refractivity contribution < 1.29 is 19.5 Å². The Morgan fingerprint density at radius 2 is 1.95 bits per heavy atom. The van der Waals surface area contributed by atoms with Gasteiger partial charge in [0.2, 0.25) is 5.91 Å². The number of carbonyl (C=O) groups excluding carboxylic acids is 2. The van der Waals surface area contributed by atoms with E-state index in [-0.39, 0.29) is 18.2 Å². The van der Waals surface area contributed by atoms with Crippen LogP contribution in [0, 0.1) is 0 Å². The van der Waals surface area contributed by atoms with Crippen LogP contribution >= 0.6 is 0 Å². The van der Waals surface area contributed by atoms with Crippen LogP contribution < -0.4 is 5.32 Å². The van der Waals surface area contributed by atoms with Gasteiger partial charge in [-0.3, -0.25) is 9.59 Å². The Morgan fingerprint density at radius 3 is 2.64 bits per heavy atom. The fraction of sp³-hybridized carbons (Fsp3) is 0.438. The van der Waals surface area contributed by atoms with Crippen molar-refractivity contribution >= 4 is 17.8 Å². The summed E-state index contributed by atoms with van der Waals surface area (Å²) >= 11 is 0. The minimum Gasteiger partial charge on any atom is -0.480 e. The lowest BCUT2D eigenvalue weighted by Crippen LogP contribution is -2.40. The zero-order valence-corrected chi connectivity index (χ0v) is 12.3. The van der Waals surface area contributed by atoms with E-state index in [1.165, 1.54) is 4.90 Å². The Labute approximate surface area is 129 Å². The van der Waals surface area contributed by atoms with Gasteiger partial charge < -0.3 is 15.3 Å². The molecule has 2 amide bonds. The third-order valence-electron chi connectivity index (χ3n) is 3.75. The first kappa shape index (κ1) is 16.0. The van der Waals surface area contributed by atoms with E-state index in [1.54, 1.807) is 24.3 Å². The number of benzene rings is 1. The van der Waals surface area contributed by atoms with E-state index in [1.807, 2.05) is 6.07 Å².